The molecule has 0 radical (unpaired) electrons. The van der Waals surface area contributed by atoms with E-state index in [2.05, 4.69) is 5.32 Å². The van der Waals surface area contributed by atoms with E-state index >= 15 is 0 Å². The number of urea groups is 1. The molecule has 1 aliphatic heterocycles. The SMILES string of the molecule is CC(C)(O)c1ccc2c(c1)NC(=O)N(c1cc(OCc3c(F)cccc3F)ccc1CC1CCCCC1)C2. The van der Waals surface area contributed by atoms with Gasteiger partial charge in [0.15, 0.2) is 0 Å². The highest BCUT2D eigenvalue weighted by Crippen LogP contribution is 2.37. The van der Waals surface area contributed by atoms with Crippen molar-refractivity contribution in [1.82, 2.24) is 0 Å². The van der Waals surface area contributed by atoms with Crippen LogP contribution in [0.25, 0.3) is 0 Å². The molecule has 0 saturated heterocycles. The van der Waals surface area contributed by atoms with Gasteiger partial charge in [0.05, 0.1) is 23.4 Å². The Balaban J connectivity index is 1.45. The number of carbonyl (C=O) groups excluding carboxylic acids is 1. The predicted molar refractivity (Wildman–Crippen MR) is 144 cm³/mol. The lowest BCUT2D eigenvalue weighted by atomic mass is 9.84. The average molecular weight is 521 g/mol. The van der Waals surface area contributed by atoms with Gasteiger partial charge in [-0.25, -0.2) is 13.6 Å². The number of carbonyl (C=O) groups is 1. The van der Waals surface area contributed by atoms with Gasteiger partial charge in [-0.1, -0.05) is 56.4 Å². The molecule has 200 valence electrons. The summed E-state index contributed by atoms with van der Waals surface area (Å²) in [6, 6.07) is 14.7. The summed E-state index contributed by atoms with van der Waals surface area (Å²) in [5.41, 5.74) is 2.97. The van der Waals surface area contributed by atoms with Gasteiger partial charge in [0.2, 0.25) is 0 Å². The minimum absolute atomic E-state index is 0.132. The molecular formula is C31H34F2N2O3. The van der Waals surface area contributed by atoms with E-state index in [-0.39, 0.29) is 18.2 Å². The Morgan fingerprint density at radius 2 is 1.76 bits per heavy atom. The summed E-state index contributed by atoms with van der Waals surface area (Å²) in [5, 5.41) is 13.4. The van der Waals surface area contributed by atoms with Crippen LogP contribution in [0.5, 0.6) is 5.75 Å². The molecule has 1 fully saturated rings. The van der Waals surface area contributed by atoms with Crippen molar-refractivity contribution in [2.75, 3.05) is 10.2 Å². The predicted octanol–water partition coefficient (Wildman–Crippen LogP) is 7.45. The average Bonchev–Trinajstić information content (AvgIpc) is 2.88. The number of rotatable bonds is 7. The van der Waals surface area contributed by atoms with Crippen molar-refractivity contribution in [2.24, 2.45) is 5.92 Å². The van der Waals surface area contributed by atoms with E-state index in [0.717, 1.165) is 28.8 Å². The second-order valence-electron chi connectivity index (χ2n) is 10.9. The third kappa shape index (κ3) is 5.68. The molecule has 1 aliphatic carbocycles. The Morgan fingerprint density at radius 1 is 1.03 bits per heavy atom. The molecule has 3 aromatic carbocycles. The van der Waals surface area contributed by atoms with Crippen LogP contribution in [-0.4, -0.2) is 11.1 Å². The normalized spacial score (nSPS) is 16.2. The first-order chi connectivity index (χ1) is 18.2. The van der Waals surface area contributed by atoms with Crippen molar-refractivity contribution in [3.05, 3.63) is 88.5 Å². The van der Waals surface area contributed by atoms with Crippen molar-refractivity contribution >= 4 is 17.4 Å². The Bertz CT molecular complexity index is 1310. The van der Waals surface area contributed by atoms with Crippen LogP contribution in [-0.2, 0) is 25.2 Å². The Hall–Kier alpha value is -3.45. The Labute approximate surface area is 222 Å². The fraction of sp³-hybridized carbons (Fsp3) is 0.387. The molecule has 0 spiro atoms. The van der Waals surface area contributed by atoms with E-state index in [1.165, 1.54) is 50.3 Å². The maximum Gasteiger partial charge on any atom is 0.326 e. The van der Waals surface area contributed by atoms with Gasteiger partial charge in [-0.15, -0.1) is 0 Å². The molecule has 1 heterocycles. The molecule has 1 saturated carbocycles. The number of nitrogens with one attached hydrogen (secondary N) is 1. The van der Waals surface area contributed by atoms with Gasteiger partial charge in [0.1, 0.15) is 24.0 Å². The molecular weight excluding hydrogens is 486 g/mol. The first kappa shape index (κ1) is 26.2. The number of halogens is 2. The number of benzene rings is 3. The number of ether oxygens (including phenoxy) is 1. The largest absolute Gasteiger partial charge is 0.489 e. The van der Waals surface area contributed by atoms with Crippen molar-refractivity contribution < 1.29 is 23.4 Å². The zero-order valence-electron chi connectivity index (χ0n) is 21.9. The standard InChI is InChI=1S/C31H34F2N2O3/c1-31(2,37)23-13-11-22-18-35(30(36)34-28(22)16-23)29-17-24(38-19-25-26(32)9-6-10-27(25)33)14-12-21(29)15-20-7-4-3-5-8-20/h6,9-14,16-17,20,37H,3-5,7-8,15,18-19H2,1-2H3,(H,34,36). The highest BCUT2D eigenvalue weighted by Gasteiger charge is 2.29. The van der Waals surface area contributed by atoms with Crippen LogP contribution in [0.2, 0.25) is 0 Å². The summed E-state index contributed by atoms with van der Waals surface area (Å²) in [5.74, 6) is -0.324. The fourth-order valence-electron chi connectivity index (χ4n) is 5.42. The highest BCUT2D eigenvalue weighted by atomic mass is 19.1. The number of fused-ring (bicyclic) bond motifs is 1. The van der Waals surface area contributed by atoms with E-state index in [1.807, 2.05) is 30.3 Å². The van der Waals surface area contributed by atoms with E-state index in [9.17, 15) is 18.7 Å². The van der Waals surface area contributed by atoms with Crippen LogP contribution in [0.3, 0.4) is 0 Å². The molecule has 7 heteroatoms. The molecule has 0 bridgehead atoms. The van der Waals surface area contributed by atoms with Gasteiger partial charge >= 0.3 is 6.03 Å². The molecule has 2 N–H and O–H groups in total. The topological polar surface area (TPSA) is 61.8 Å². The quantitative estimate of drug-likeness (QED) is 0.340. The van der Waals surface area contributed by atoms with Crippen LogP contribution in [0.4, 0.5) is 25.0 Å². The van der Waals surface area contributed by atoms with E-state index in [1.54, 1.807) is 24.8 Å². The first-order valence-corrected chi connectivity index (χ1v) is 13.3. The van der Waals surface area contributed by atoms with Crippen molar-refractivity contribution in [3.8, 4) is 5.75 Å². The van der Waals surface area contributed by atoms with Crippen LogP contribution in [0, 0.1) is 17.6 Å². The molecule has 2 amide bonds. The number of nitrogens with zero attached hydrogens (tertiary/aromatic N) is 1. The molecule has 5 nitrogen and oxygen atoms in total. The van der Waals surface area contributed by atoms with Crippen LogP contribution < -0.4 is 15.0 Å². The number of anilines is 2. The molecule has 0 atom stereocenters. The van der Waals surface area contributed by atoms with Gasteiger partial charge in [0.25, 0.3) is 0 Å². The molecule has 3 aromatic rings. The molecule has 0 unspecified atom stereocenters. The van der Waals surface area contributed by atoms with Gasteiger partial charge in [-0.2, -0.15) is 0 Å². The smallest absolute Gasteiger partial charge is 0.326 e. The summed E-state index contributed by atoms with van der Waals surface area (Å²) in [6.45, 7) is 3.52. The Morgan fingerprint density at radius 3 is 2.47 bits per heavy atom. The summed E-state index contributed by atoms with van der Waals surface area (Å²) < 4.78 is 34.1. The minimum atomic E-state index is -1.02. The summed E-state index contributed by atoms with van der Waals surface area (Å²) in [7, 11) is 0. The maximum atomic E-state index is 14.1. The van der Waals surface area contributed by atoms with Gasteiger partial charge in [-0.3, -0.25) is 4.90 Å². The van der Waals surface area contributed by atoms with Crippen LogP contribution in [0.15, 0.2) is 54.6 Å². The first-order valence-electron chi connectivity index (χ1n) is 13.3. The summed E-state index contributed by atoms with van der Waals surface area (Å²) >= 11 is 0. The monoisotopic (exact) mass is 520 g/mol. The number of aliphatic hydroxyl groups is 1. The second-order valence-corrected chi connectivity index (χ2v) is 10.9. The van der Waals surface area contributed by atoms with Crippen LogP contribution >= 0.6 is 0 Å². The lowest BCUT2D eigenvalue weighted by Crippen LogP contribution is -2.39. The lowest BCUT2D eigenvalue weighted by Gasteiger charge is -2.33. The van der Waals surface area contributed by atoms with Crippen molar-refractivity contribution in [3.63, 3.8) is 0 Å². The second kappa shape index (κ2) is 10.7. The summed E-state index contributed by atoms with van der Waals surface area (Å²) in [6.07, 6.45) is 6.89. The maximum absolute atomic E-state index is 14.1. The summed E-state index contributed by atoms with van der Waals surface area (Å²) in [4.78, 5) is 15.1. The number of hydrogen-bond donors (Lipinski definition) is 2. The zero-order chi connectivity index (χ0) is 26.9. The van der Waals surface area contributed by atoms with Gasteiger partial charge < -0.3 is 15.2 Å². The number of hydrogen-bond acceptors (Lipinski definition) is 3. The van der Waals surface area contributed by atoms with Crippen molar-refractivity contribution in [2.45, 2.75) is 71.1 Å². The Kier molecular flexibility index (Phi) is 7.39. The highest BCUT2D eigenvalue weighted by molar-refractivity contribution is 6.05. The third-order valence-electron chi connectivity index (χ3n) is 7.66. The fourth-order valence-corrected chi connectivity index (χ4v) is 5.42. The van der Waals surface area contributed by atoms with E-state index in [0.29, 0.717) is 23.9 Å². The van der Waals surface area contributed by atoms with Gasteiger partial charge in [0, 0.05) is 11.8 Å². The van der Waals surface area contributed by atoms with Crippen molar-refractivity contribution in [1.29, 1.82) is 0 Å². The lowest BCUT2D eigenvalue weighted by molar-refractivity contribution is 0.0786. The van der Waals surface area contributed by atoms with E-state index < -0.39 is 17.2 Å². The molecule has 0 aromatic heterocycles. The van der Waals surface area contributed by atoms with Gasteiger partial charge in [-0.05, 0) is 67.1 Å². The zero-order valence-corrected chi connectivity index (χ0v) is 21.9. The third-order valence-corrected chi connectivity index (χ3v) is 7.66. The molecule has 5 rings (SSSR count). The van der Waals surface area contributed by atoms with E-state index in [4.69, 9.17) is 4.74 Å². The number of amides is 2. The molecule has 2 aliphatic rings. The molecule has 38 heavy (non-hydrogen) atoms. The van der Waals surface area contributed by atoms with Crippen LogP contribution in [0.1, 0.15) is 68.2 Å². The minimum Gasteiger partial charge on any atom is -0.489 e.